The Morgan fingerprint density at radius 1 is 1.07 bits per heavy atom. The van der Waals surface area contributed by atoms with Crippen molar-refractivity contribution in [2.45, 2.75) is 6.42 Å². The van der Waals surface area contributed by atoms with E-state index in [0.717, 1.165) is 5.56 Å². The van der Waals surface area contributed by atoms with Gasteiger partial charge in [-0.05, 0) is 29.8 Å². The summed E-state index contributed by atoms with van der Waals surface area (Å²) in [7, 11) is 3.10. The van der Waals surface area contributed by atoms with Gasteiger partial charge >= 0.3 is 0 Å². The molecule has 1 amide bonds. The van der Waals surface area contributed by atoms with Crippen LogP contribution >= 0.6 is 0 Å². The summed E-state index contributed by atoms with van der Waals surface area (Å²) in [6, 6.07) is 10.3. The maximum absolute atomic E-state index is 12.6. The van der Waals surface area contributed by atoms with Gasteiger partial charge in [0, 0.05) is 6.07 Å². The fraction of sp³-hybridized carbons (Fsp3) is 0.150. The minimum absolute atomic E-state index is 0.121. The van der Waals surface area contributed by atoms with Gasteiger partial charge in [-0.25, -0.2) is 9.97 Å². The Morgan fingerprint density at radius 3 is 2.57 bits per heavy atom. The highest BCUT2D eigenvalue weighted by Gasteiger charge is 2.14. The molecule has 3 aromatic heterocycles. The summed E-state index contributed by atoms with van der Waals surface area (Å²) in [4.78, 5) is 22.7. The van der Waals surface area contributed by atoms with Crippen LogP contribution in [0.4, 0.5) is 5.82 Å². The van der Waals surface area contributed by atoms with E-state index in [2.05, 4.69) is 25.5 Å². The van der Waals surface area contributed by atoms with Gasteiger partial charge in [-0.3, -0.25) is 4.79 Å². The molecule has 0 spiro atoms. The van der Waals surface area contributed by atoms with Crippen LogP contribution in [0.25, 0.3) is 17.4 Å². The summed E-state index contributed by atoms with van der Waals surface area (Å²) >= 11 is 0. The highest BCUT2D eigenvalue weighted by atomic mass is 16.5. The minimum Gasteiger partial charge on any atom is -0.493 e. The molecule has 10 nitrogen and oxygen atoms in total. The maximum Gasteiger partial charge on any atom is 0.229 e. The van der Waals surface area contributed by atoms with E-state index in [0.29, 0.717) is 34.7 Å². The number of nitrogens with one attached hydrogen (secondary N) is 1. The van der Waals surface area contributed by atoms with Crippen molar-refractivity contribution >= 4 is 11.7 Å². The average Bonchev–Trinajstić information content (AvgIpc) is 3.47. The molecule has 0 aliphatic carbocycles. The molecule has 0 bridgehead atoms. The van der Waals surface area contributed by atoms with Crippen molar-refractivity contribution in [3.8, 4) is 28.9 Å². The van der Waals surface area contributed by atoms with Crippen LogP contribution in [0, 0.1) is 0 Å². The minimum atomic E-state index is -0.259. The monoisotopic (exact) mass is 406 g/mol. The lowest BCUT2D eigenvalue weighted by Gasteiger charge is -2.10. The molecule has 0 fully saturated rings. The number of benzene rings is 1. The van der Waals surface area contributed by atoms with Gasteiger partial charge < -0.3 is 19.2 Å². The van der Waals surface area contributed by atoms with Crippen molar-refractivity contribution in [1.82, 2.24) is 25.0 Å². The molecule has 3 heterocycles. The summed E-state index contributed by atoms with van der Waals surface area (Å²) in [5.74, 6) is 2.34. The zero-order valence-corrected chi connectivity index (χ0v) is 16.3. The van der Waals surface area contributed by atoms with E-state index in [1.54, 1.807) is 50.6 Å². The van der Waals surface area contributed by atoms with Gasteiger partial charge in [0.25, 0.3) is 0 Å². The zero-order chi connectivity index (χ0) is 20.9. The standard InChI is InChI=1S/C20H18N6O4/c1-28-14-6-5-13(10-16(14)29-2)11-19(27)23-17-12-18(26-21-7-8-22-26)25-20(24-17)15-4-3-9-30-15/h3-10,12H,11H2,1-2H3,(H,23,24,25,27). The van der Waals surface area contributed by atoms with Crippen LogP contribution in [0.5, 0.6) is 11.5 Å². The Kier molecular flexibility index (Phi) is 5.37. The summed E-state index contributed by atoms with van der Waals surface area (Å²) in [5.41, 5.74) is 0.763. The molecule has 0 saturated heterocycles. The molecule has 0 atom stereocenters. The quantitative estimate of drug-likeness (QED) is 0.497. The Morgan fingerprint density at radius 2 is 1.87 bits per heavy atom. The van der Waals surface area contributed by atoms with Crippen LogP contribution in [-0.2, 0) is 11.2 Å². The van der Waals surface area contributed by atoms with Crippen LogP contribution in [0.15, 0.2) is 59.5 Å². The van der Waals surface area contributed by atoms with Gasteiger partial charge in [-0.1, -0.05) is 6.07 Å². The van der Waals surface area contributed by atoms with Crippen LogP contribution in [-0.4, -0.2) is 45.1 Å². The van der Waals surface area contributed by atoms with Gasteiger partial charge in [0.2, 0.25) is 5.91 Å². The van der Waals surface area contributed by atoms with E-state index >= 15 is 0 Å². The molecular weight excluding hydrogens is 388 g/mol. The van der Waals surface area contributed by atoms with E-state index in [9.17, 15) is 4.79 Å². The molecule has 4 aromatic rings. The zero-order valence-electron chi connectivity index (χ0n) is 16.3. The number of furan rings is 1. The molecule has 0 aliphatic rings. The van der Waals surface area contributed by atoms with Crippen LogP contribution in [0.3, 0.4) is 0 Å². The molecule has 1 N–H and O–H groups in total. The second-order valence-electron chi connectivity index (χ2n) is 6.15. The first kappa shape index (κ1) is 19.1. The highest BCUT2D eigenvalue weighted by Crippen LogP contribution is 2.28. The summed E-state index contributed by atoms with van der Waals surface area (Å²) in [6.07, 6.45) is 4.70. The molecule has 30 heavy (non-hydrogen) atoms. The van der Waals surface area contributed by atoms with Crippen molar-refractivity contribution in [2.75, 3.05) is 19.5 Å². The maximum atomic E-state index is 12.6. The van der Waals surface area contributed by atoms with Crippen molar-refractivity contribution in [1.29, 1.82) is 0 Å². The SMILES string of the molecule is COc1ccc(CC(=O)Nc2cc(-n3nccn3)nc(-c3ccco3)n2)cc1OC. The Balaban J connectivity index is 1.58. The molecule has 1 aromatic carbocycles. The Hall–Kier alpha value is -4.21. The number of ether oxygens (including phenoxy) is 2. The number of nitrogens with zero attached hydrogens (tertiary/aromatic N) is 5. The van der Waals surface area contributed by atoms with Crippen molar-refractivity contribution in [2.24, 2.45) is 0 Å². The number of methoxy groups -OCH3 is 2. The Bertz CT molecular complexity index is 1090. The second kappa shape index (κ2) is 8.43. The van der Waals surface area contributed by atoms with Crippen molar-refractivity contribution in [3.63, 3.8) is 0 Å². The number of hydrogen-bond acceptors (Lipinski definition) is 8. The van der Waals surface area contributed by atoms with Gasteiger partial charge in [0.15, 0.2) is 28.9 Å². The normalized spacial score (nSPS) is 10.6. The van der Waals surface area contributed by atoms with Gasteiger partial charge in [-0.2, -0.15) is 10.2 Å². The highest BCUT2D eigenvalue weighted by molar-refractivity contribution is 5.91. The number of aromatic nitrogens is 5. The van der Waals surface area contributed by atoms with Gasteiger partial charge in [-0.15, -0.1) is 4.80 Å². The van der Waals surface area contributed by atoms with Crippen molar-refractivity contribution < 1.29 is 18.7 Å². The Labute approximate surface area is 171 Å². The number of carbonyl (C=O) groups is 1. The van der Waals surface area contributed by atoms with E-state index in [4.69, 9.17) is 13.9 Å². The predicted molar refractivity (Wildman–Crippen MR) is 107 cm³/mol. The van der Waals surface area contributed by atoms with E-state index < -0.39 is 0 Å². The first-order valence-corrected chi connectivity index (χ1v) is 8.96. The lowest BCUT2D eigenvalue weighted by Crippen LogP contribution is -2.16. The number of anilines is 1. The molecular formula is C20H18N6O4. The average molecular weight is 406 g/mol. The van der Waals surface area contributed by atoms with E-state index in [1.165, 1.54) is 23.5 Å². The lowest BCUT2D eigenvalue weighted by atomic mass is 10.1. The molecule has 0 unspecified atom stereocenters. The third-order valence-electron chi connectivity index (χ3n) is 4.16. The van der Waals surface area contributed by atoms with Gasteiger partial charge in [0.05, 0.1) is 39.3 Å². The largest absolute Gasteiger partial charge is 0.493 e. The molecule has 152 valence electrons. The number of hydrogen-bond donors (Lipinski definition) is 1. The first-order valence-electron chi connectivity index (χ1n) is 8.96. The topological polar surface area (TPSA) is 117 Å². The third-order valence-corrected chi connectivity index (χ3v) is 4.16. The molecule has 0 aliphatic heterocycles. The molecule has 10 heteroatoms. The van der Waals surface area contributed by atoms with E-state index in [1.807, 2.05) is 0 Å². The summed E-state index contributed by atoms with van der Waals surface area (Å²) in [5, 5.41) is 10.9. The van der Waals surface area contributed by atoms with Crippen molar-refractivity contribution in [3.05, 3.63) is 60.6 Å². The smallest absolute Gasteiger partial charge is 0.229 e. The third kappa shape index (κ3) is 4.12. The number of carbonyl (C=O) groups excluding carboxylic acids is 1. The lowest BCUT2D eigenvalue weighted by molar-refractivity contribution is -0.115. The van der Waals surface area contributed by atoms with E-state index in [-0.39, 0.29) is 12.3 Å². The van der Waals surface area contributed by atoms with Crippen LogP contribution in [0.2, 0.25) is 0 Å². The summed E-state index contributed by atoms with van der Waals surface area (Å²) < 4.78 is 15.9. The van der Waals surface area contributed by atoms with Crippen LogP contribution < -0.4 is 14.8 Å². The first-order chi connectivity index (χ1) is 14.7. The number of amides is 1. The molecule has 0 radical (unpaired) electrons. The number of rotatable bonds is 7. The fourth-order valence-electron chi connectivity index (χ4n) is 2.81. The van der Waals surface area contributed by atoms with Gasteiger partial charge in [0.1, 0.15) is 5.82 Å². The predicted octanol–water partition coefficient (Wildman–Crippen LogP) is 2.52. The van der Waals surface area contributed by atoms with Crippen LogP contribution in [0.1, 0.15) is 5.56 Å². The fourth-order valence-corrected chi connectivity index (χ4v) is 2.81. The second-order valence-corrected chi connectivity index (χ2v) is 6.15. The molecule has 0 saturated carbocycles. The molecule has 4 rings (SSSR count). The summed E-state index contributed by atoms with van der Waals surface area (Å²) in [6.45, 7) is 0.